The number of hydrogen-bond acceptors (Lipinski definition) is 3. The molecule has 0 aliphatic heterocycles. The van der Waals surface area contributed by atoms with E-state index in [0.717, 1.165) is 22.3 Å². The second-order valence-corrected chi connectivity index (χ2v) is 5.36. The second kappa shape index (κ2) is 5.30. The van der Waals surface area contributed by atoms with E-state index in [1.54, 1.807) is 7.11 Å². The fraction of sp³-hybridized carbons (Fsp3) is 0.188. The lowest BCUT2D eigenvalue weighted by Gasteiger charge is -2.17. The predicted molar refractivity (Wildman–Crippen MR) is 86.0 cm³/mol. The van der Waals surface area contributed by atoms with Crippen LogP contribution in [0.25, 0.3) is 11.0 Å². The number of nitrogen functional groups attached to an aromatic ring is 1. The molecule has 4 nitrogen and oxygen atoms in total. The molecule has 0 saturated heterocycles. The maximum atomic E-state index is 6.09. The van der Waals surface area contributed by atoms with Crippen molar-refractivity contribution in [2.75, 3.05) is 12.8 Å². The molecule has 21 heavy (non-hydrogen) atoms. The van der Waals surface area contributed by atoms with Gasteiger partial charge in [-0.25, -0.2) is 4.98 Å². The summed E-state index contributed by atoms with van der Waals surface area (Å²) in [4.78, 5) is 4.39. The topological polar surface area (TPSA) is 53.1 Å². The van der Waals surface area contributed by atoms with Crippen LogP contribution in [0.3, 0.4) is 0 Å². The molecule has 1 unspecified atom stereocenters. The van der Waals surface area contributed by atoms with Crippen molar-refractivity contribution in [1.82, 2.24) is 9.55 Å². The van der Waals surface area contributed by atoms with E-state index in [1.165, 1.54) is 0 Å². The van der Waals surface area contributed by atoms with E-state index in [4.69, 9.17) is 22.1 Å². The zero-order chi connectivity index (χ0) is 15.0. The highest BCUT2D eigenvalue weighted by atomic mass is 35.5. The van der Waals surface area contributed by atoms with Crippen LogP contribution in [0, 0.1) is 0 Å². The molecule has 1 heterocycles. The van der Waals surface area contributed by atoms with Gasteiger partial charge < -0.3 is 15.0 Å². The first-order chi connectivity index (χ1) is 10.1. The molecule has 1 atom stereocenters. The van der Waals surface area contributed by atoms with Crippen LogP contribution in [-0.4, -0.2) is 16.7 Å². The Morgan fingerprint density at radius 3 is 2.57 bits per heavy atom. The largest absolute Gasteiger partial charge is 0.497 e. The first-order valence-corrected chi connectivity index (χ1v) is 7.05. The number of imidazole rings is 1. The van der Waals surface area contributed by atoms with Crippen molar-refractivity contribution in [2.24, 2.45) is 0 Å². The number of anilines is 1. The number of aromatic nitrogens is 2. The molecule has 0 bridgehead atoms. The summed E-state index contributed by atoms with van der Waals surface area (Å²) >= 11 is 6.09. The first-order valence-electron chi connectivity index (χ1n) is 6.67. The molecule has 0 fully saturated rings. The Morgan fingerprint density at radius 2 is 1.90 bits per heavy atom. The summed E-state index contributed by atoms with van der Waals surface area (Å²) in [5.74, 6) is 1.31. The number of hydrogen-bond donors (Lipinski definition) is 1. The van der Waals surface area contributed by atoms with E-state index >= 15 is 0 Å². The van der Waals surface area contributed by atoms with Crippen molar-refractivity contribution in [3.63, 3.8) is 0 Å². The predicted octanol–water partition coefficient (Wildman–Crippen LogP) is 3.89. The van der Waals surface area contributed by atoms with E-state index in [2.05, 4.69) is 11.9 Å². The third-order valence-electron chi connectivity index (χ3n) is 3.66. The second-order valence-electron chi connectivity index (χ2n) is 4.92. The van der Waals surface area contributed by atoms with Crippen LogP contribution in [0.2, 0.25) is 5.02 Å². The Balaban J connectivity index is 2.09. The number of nitrogens with zero attached hydrogens (tertiary/aromatic N) is 2. The molecule has 1 aromatic heterocycles. The highest BCUT2D eigenvalue weighted by molar-refractivity contribution is 6.31. The average molecular weight is 302 g/mol. The van der Waals surface area contributed by atoms with Gasteiger partial charge in [0.1, 0.15) is 5.75 Å². The number of methoxy groups -OCH3 is 1. The molecule has 0 spiro atoms. The summed E-state index contributed by atoms with van der Waals surface area (Å²) in [7, 11) is 1.65. The van der Waals surface area contributed by atoms with Gasteiger partial charge in [0.2, 0.25) is 5.95 Å². The van der Waals surface area contributed by atoms with Gasteiger partial charge in [0.15, 0.2) is 0 Å². The Bertz CT molecular complexity index is 780. The van der Waals surface area contributed by atoms with Gasteiger partial charge >= 0.3 is 0 Å². The maximum absolute atomic E-state index is 6.09. The summed E-state index contributed by atoms with van der Waals surface area (Å²) in [6, 6.07) is 13.6. The molecule has 0 aliphatic carbocycles. The van der Waals surface area contributed by atoms with Crippen LogP contribution >= 0.6 is 11.6 Å². The van der Waals surface area contributed by atoms with Gasteiger partial charge in [0, 0.05) is 5.02 Å². The van der Waals surface area contributed by atoms with Gasteiger partial charge in [-0.1, -0.05) is 23.7 Å². The number of benzene rings is 2. The summed E-state index contributed by atoms with van der Waals surface area (Å²) in [5, 5.41) is 0.672. The van der Waals surface area contributed by atoms with Crippen molar-refractivity contribution in [1.29, 1.82) is 0 Å². The quantitative estimate of drug-likeness (QED) is 0.798. The van der Waals surface area contributed by atoms with Crippen LogP contribution in [0.4, 0.5) is 5.95 Å². The van der Waals surface area contributed by atoms with Crippen LogP contribution in [0.1, 0.15) is 18.5 Å². The number of ether oxygens (including phenoxy) is 1. The third kappa shape index (κ3) is 2.43. The number of halogens is 1. The molecular weight excluding hydrogens is 286 g/mol. The summed E-state index contributed by atoms with van der Waals surface area (Å²) in [6.45, 7) is 2.08. The molecule has 0 saturated carbocycles. The monoisotopic (exact) mass is 301 g/mol. The van der Waals surface area contributed by atoms with Gasteiger partial charge in [-0.15, -0.1) is 0 Å². The van der Waals surface area contributed by atoms with E-state index in [9.17, 15) is 0 Å². The SMILES string of the molecule is COc1ccc(C(C)n2c(N)nc3ccc(Cl)cc32)cc1. The Morgan fingerprint density at radius 1 is 1.19 bits per heavy atom. The van der Waals surface area contributed by atoms with Crippen molar-refractivity contribution >= 4 is 28.6 Å². The summed E-state index contributed by atoms with van der Waals surface area (Å²) < 4.78 is 7.18. The van der Waals surface area contributed by atoms with Gasteiger partial charge in [-0.2, -0.15) is 0 Å². The summed E-state index contributed by atoms with van der Waals surface area (Å²) in [6.07, 6.45) is 0. The highest BCUT2D eigenvalue weighted by Crippen LogP contribution is 2.29. The van der Waals surface area contributed by atoms with Crippen LogP contribution in [0.15, 0.2) is 42.5 Å². The van der Waals surface area contributed by atoms with Crippen molar-refractivity contribution in [2.45, 2.75) is 13.0 Å². The molecular formula is C16H16ClN3O. The molecule has 5 heteroatoms. The van der Waals surface area contributed by atoms with Gasteiger partial charge in [0.05, 0.1) is 24.2 Å². The van der Waals surface area contributed by atoms with Gasteiger partial charge in [-0.3, -0.25) is 0 Å². The van der Waals surface area contributed by atoms with Crippen LogP contribution in [0.5, 0.6) is 5.75 Å². The zero-order valence-electron chi connectivity index (χ0n) is 11.9. The third-order valence-corrected chi connectivity index (χ3v) is 3.90. The summed E-state index contributed by atoms with van der Waals surface area (Å²) in [5.41, 5.74) is 8.99. The molecule has 0 radical (unpaired) electrons. The van der Waals surface area contributed by atoms with Crippen molar-refractivity contribution < 1.29 is 4.74 Å². The van der Waals surface area contributed by atoms with E-state index in [-0.39, 0.29) is 6.04 Å². The zero-order valence-corrected chi connectivity index (χ0v) is 12.6. The average Bonchev–Trinajstić information content (AvgIpc) is 2.82. The van der Waals surface area contributed by atoms with E-state index in [0.29, 0.717) is 11.0 Å². The fourth-order valence-electron chi connectivity index (χ4n) is 2.52. The standard InChI is InChI=1S/C16H16ClN3O/c1-10(11-3-6-13(21-2)7-4-11)20-15-9-12(17)5-8-14(15)19-16(20)18/h3-10H,1-2H3,(H2,18,19). The molecule has 0 aliphatic rings. The minimum atomic E-state index is 0.0550. The Kier molecular flexibility index (Phi) is 3.47. The van der Waals surface area contributed by atoms with Crippen molar-refractivity contribution in [3.8, 4) is 5.75 Å². The molecule has 0 amide bonds. The van der Waals surface area contributed by atoms with Crippen LogP contribution in [-0.2, 0) is 0 Å². The van der Waals surface area contributed by atoms with Gasteiger partial charge in [-0.05, 0) is 42.8 Å². The normalized spacial score (nSPS) is 12.5. The van der Waals surface area contributed by atoms with E-state index in [1.807, 2.05) is 47.0 Å². The molecule has 3 rings (SSSR count). The fourth-order valence-corrected chi connectivity index (χ4v) is 2.69. The maximum Gasteiger partial charge on any atom is 0.201 e. The minimum absolute atomic E-state index is 0.0550. The van der Waals surface area contributed by atoms with E-state index < -0.39 is 0 Å². The lowest BCUT2D eigenvalue weighted by Crippen LogP contribution is -2.10. The molecule has 3 aromatic rings. The van der Waals surface area contributed by atoms with Gasteiger partial charge in [0.25, 0.3) is 0 Å². The molecule has 2 aromatic carbocycles. The highest BCUT2D eigenvalue weighted by Gasteiger charge is 2.16. The minimum Gasteiger partial charge on any atom is -0.497 e. The number of nitrogens with two attached hydrogens (primary N) is 1. The number of rotatable bonds is 3. The smallest absolute Gasteiger partial charge is 0.201 e. The Hall–Kier alpha value is -2.20. The lowest BCUT2D eigenvalue weighted by molar-refractivity contribution is 0.414. The van der Waals surface area contributed by atoms with Crippen molar-refractivity contribution in [3.05, 3.63) is 53.1 Å². The Labute approximate surface area is 128 Å². The van der Waals surface area contributed by atoms with Crippen LogP contribution < -0.4 is 10.5 Å². The first kappa shape index (κ1) is 13.8. The lowest BCUT2D eigenvalue weighted by atomic mass is 10.1. The molecule has 2 N–H and O–H groups in total. The number of fused-ring (bicyclic) bond motifs is 1. The molecule has 108 valence electrons.